The summed E-state index contributed by atoms with van der Waals surface area (Å²) in [6.45, 7) is 8.75. The lowest BCUT2D eigenvalue weighted by molar-refractivity contribution is -0.128. The summed E-state index contributed by atoms with van der Waals surface area (Å²) in [5.74, 6) is 2.36. The topological polar surface area (TPSA) is 46.3 Å². The monoisotopic (exact) mass is 238 g/mol. The maximum atomic E-state index is 11.6. The fourth-order valence-electron chi connectivity index (χ4n) is 3.38. The molecule has 3 heteroatoms. The summed E-state index contributed by atoms with van der Waals surface area (Å²) in [5, 5.41) is 0. The van der Waals surface area contributed by atoms with Gasteiger partial charge < -0.3 is 5.73 Å². The van der Waals surface area contributed by atoms with Gasteiger partial charge in [-0.1, -0.05) is 13.8 Å². The van der Waals surface area contributed by atoms with Crippen molar-refractivity contribution in [1.29, 1.82) is 0 Å². The van der Waals surface area contributed by atoms with Crippen molar-refractivity contribution in [3.8, 4) is 0 Å². The highest BCUT2D eigenvalue weighted by Crippen LogP contribution is 2.41. The van der Waals surface area contributed by atoms with Crippen LogP contribution < -0.4 is 5.73 Å². The van der Waals surface area contributed by atoms with Crippen molar-refractivity contribution in [2.24, 2.45) is 23.5 Å². The molecule has 2 fully saturated rings. The fourth-order valence-corrected chi connectivity index (χ4v) is 3.38. The molecule has 0 radical (unpaired) electrons. The van der Waals surface area contributed by atoms with Crippen molar-refractivity contribution in [2.75, 3.05) is 13.1 Å². The van der Waals surface area contributed by atoms with Crippen LogP contribution in [0.3, 0.4) is 0 Å². The van der Waals surface area contributed by atoms with Crippen LogP contribution in [-0.4, -0.2) is 29.4 Å². The van der Waals surface area contributed by atoms with Gasteiger partial charge in [-0.25, -0.2) is 0 Å². The van der Waals surface area contributed by atoms with Crippen LogP contribution in [0.15, 0.2) is 0 Å². The highest BCUT2D eigenvalue weighted by molar-refractivity contribution is 5.84. The SMILES string of the molecule is CC(C)[C@H]1C[C@@H](CN2CCC[C@@]2(C)C(N)=O)C1. The summed E-state index contributed by atoms with van der Waals surface area (Å²) >= 11 is 0. The Kier molecular flexibility index (Phi) is 3.48. The van der Waals surface area contributed by atoms with E-state index in [9.17, 15) is 4.79 Å². The first-order chi connectivity index (χ1) is 7.93. The molecular weight excluding hydrogens is 212 g/mol. The molecule has 1 saturated heterocycles. The Labute approximate surface area is 105 Å². The molecule has 0 aromatic heterocycles. The van der Waals surface area contributed by atoms with E-state index in [0.29, 0.717) is 0 Å². The lowest BCUT2D eigenvalue weighted by Crippen LogP contribution is -2.53. The predicted octanol–water partition coefficient (Wildman–Crippen LogP) is 2.01. The van der Waals surface area contributed by atoms with Crippen LogP contribution in [0, 0.1) is 17.8 Å². The molecule has 1 aliphatic heterocycles. The van der Waals surface area contributed by atoms with E-state index in [4.69, 9.17) is 5.73 Å². The normalized spacial score (nSPS) is 38.4. The lowest BCUT2D eigenvalue weighted by Gasteiger charge is -2.43. The van der Waals surface area contributed by atoms with Crippen molar-refractivity contribution < 1.29 is 4.79 Å². The van der Waals surface area contributed by atoms with Gasteiger partial charge in [-0.15, -0.1) is 0 Å². The number of primary amides is 1. The summed E-state index contributed by atoms with van der Waals surface area (Å²) in [6.07, 6.45) is 4.72. The van der Waals surface area contributed by atoms with Crippen molar-refractivity contribution >= 4 is 5.91 Å². The molecule has 3 nitrogen and oxygen atoms in total. The Morgan fingerprint density at radius 3 is 2.65 bits per heavy atom. The van der Waals surface area contributed by atoms with E-state index in [1.807, 2.05) is 6.92 Å². The van der Waals surface area contributed by atoms with Crippen LogP contribution in [0.5, 0.6) is 0 Å². The molecule has 1 saturated carbocycles. The number of carbonyl (C=O) groups is 1. The first-order valence-corrected chi connectivity index (χ1v) is 6.98. The van der Waals surface area contributed by atoms with E-state index in [2.05, 4.69) is 18.7 Å². The first kappa shape index (κ1) is 12.9. The average molecular weight is 238 g/mol. The van der Waals surface area contributed by atoms with Crippen LogP contribution in [0.1, 0.15) is 46.5 Å². The maximum absolute atomic E-state index is 11.6. The number of hydrogen-bond acceptors (Lipinski definition) is 2. The molecule has 2 aliphatic rings. The molecule has 98 valence electrons. The molecule has 2 rings (SSSR count). The number of amides is 1. The molecule has 1 aliphatic carbocycles. The second-order valence-electron chi connectivity index (χ2n) is 6.53. The number of likely N-dealkylation sites (tertiary alicyclic amines) is 1. The summed E-state index contributed by atoms with van der Waals surface area (Å²) in [7, 11) is 0. The third kappa shape index (κ3) is 2.35. The van der Waals surface area contributed by atoms with Gasteiger partial charge in [0.15, 0.2) is 0 Å². The van der Waals surface area contributed by atoms with Gasteiger partial charge in [0.2, 0.25) is 5.91 Å². The summed E-state index contributed by atoms with van der Waals surface area (Å²) in [4.78, 5) is 13.9. The van der Waals surface area contributed by atoms with E-state index in [1.165, 1.54) is 12.8 Å². The van der Waals surface area contributed by atoms with Crippen LogP contribution in [0.4, 0.5) is 0 Å². The van der Waals surface area contributed by atoms with Crippen molar-refractivity contribution in [3.63, 3.8) is 0 Å². The highest BCUT2D eigenvalue weighted by Gasteiger charge is 2.44. The molecule has 1 atom stereocenters. The van der Waals surface area contributed by atoms with Gasteiger partial charge in [-0.05, 0) is 56.9 Å². The lowest BCUT2D eigenvalue weighted by atomic mass is 9.69. The molecule has 2 N–H and O–H groups in total. The number of rotatable bonds is 4. The Bertz CT molecular complexity index is 297. The van der Waals surface area contributed by atoms with E-state index >= 15 is 0 Å². The Morgan fingerprint density at radius 1 is 1.47 bits per heavy atom. The predicted molar refractivity (Wildman–Crippen MR) is 69.5 cm³/mol. The van der Waals surface area contributed by atoms with Gasteiger partial charge >= 0.3 is 0 Å². The number of carbonyl (C=O) groups excluding carboxylic acids is 1. The Hall–Kier alpha value is -0.570. The van der Waals surface area contributed by atoms with E-state index in [0.717, 1.165) is 43.7 Å². The fraction of sp³-hybridized carbons (Fsp3) is 0.929. The minimum absolute atomic E-state index is 0.144. The van der Waals surface area contributed by atoms with Gasteiger partial charge in [0, 0.05) is 6.54 Å². The molecule has 1 heterocycles. The van der Waals surface area contributed by atoms with Gasteiger partial charge in [-0.3, -0.25) is 9.69 Å². The van der Waals surface area contributed by atoms with Crippen molar-refractivity contribution in [3.05, 3.63) is 0 Å². The van der Waals surface area contributed by atoms with E-state index in [1.54, 1.807) is 0 Å². The average Bonchev–Trinajstić information content (AvgIpc) is 2.53. The van der Waals surface area contributed by atoms with Gasteiger partial charge in [0.1, 0.15) is 0 Å². The molecule has 0 aromatic rings. The first-order valence-electron chi connectivity index (χ1n) is 6.98. The van der Waals surface area contributed by atoms with Gasteiger partial charge in [0.05, 0.1) is 5.54 Å². The van der Waals surface area contributed by atoms with E-state index < -0.39 is 0 Å². The second-order valence-corrected chi connectivity index (χ2v) is 6.53. The smallest absolute Gasteiger partial charge is 0.237 e. The molecule has 0 aromatic carbocycles. The molecule has 0 unspecified atom stereocenters. The highest BCUT2D eigenvalue weighted by atomic mass is 16.1. The molecule has 0 spiro atoms. The molecule has 1 amide bonds. The van der Waals surface area contributed by atoms with Crippen molar-refractivity contribution in [2.45, 2.75) is 52.0 Å². The van der Waals surface area contributed by atoms with Crippen LogP contribution in [-0.2, 0) is 4.79 Å². The van der Waals surface area contributed by atoms with Crippen LogP contribution >= 0.6 is 0 Å². The quantitative estimate of drug-likeness (QED) is 0.814. The standard InChI is InChI=1S/C14H26N2O/c1-10(2)12-7-11(8-12)9-16-6-4-5-14(16,3)13(15)17/h10-12H,4-9H2,1-3H3,(H2,15,17)/t11-,12+,14-/m0/s1. The molecule has 0 bridgehead atoms. The minimum Gasteiger partial charge on any atom is -0.368 e. The minimum atomic E-state index is -0.372. The number of nitrogens with zero attached hydrogens (tertiary/aromatic N) is 1. The zero-order valence-corrected chi connectivity index (χ0v) is 11.4. The summed E-state index contributed by atoms with van der Waals surface area (Å²) in [6, 6.07) is 0. The zero-order chi connectivity index (χ0) is 12.6. The van der Waals surface area contributed by atoms with E-state index in [-0.39, 0.29) is 11.4 Å². The van der Waals surface area contributed by atoms with Crippen LogP contribution in [0.25, 0.3) is 0 Å². The number of nitrogens with two attached hydrogens (primary N) is 1. The number of hydrogen-bond donors (Lipinski definition) is 1. The molecular formula is C14H26N2O. The van der Waals surface area contributed by atoms with Gasteiger partial charge in [0.25, 0.3) is 0 Å². The second kappa shape index (κ2) is 4.60. The third-order valence-electron chi connectivity index (χ3n) is 5.01. The Balaban J connectivity index is 1.86. The zero-order valence-electron chi connectivity index (χ0n) is 11.4. The third-order valence-corrected chi connectivity index (χ3v) is 5.01. The molecule has 17 heavy (non-hydrogen) atoms. The summed E-state index contributed by atoms with van der Waals surface area (Å²) in [5.41, 5.74) is 5.18. The Morgan fingerprint density at radius 2 is 2.12 bits per heavy atom. The maximum Gasteiger partial charge on any atom is 0.237 e. The van der Waals surface area contributed by atoms with Gasteiger partial charge in [-0.2, -0.15) is 0 Å². The van der Waals surface area contributed by atoms with Crippen LogP contribution in [0.2, 0.25) is 0 Å². The largest absolute Gasteiger partial charge is 0.368 e. The summed E-state index contributed by atoms with van der Waals surface area (Å²) < 4.78 is 0. The van der Waals surface area contributed by atoms with Crippen molar-refractivity contribution in [1.82, 2.24) is 4.90 Å².